The Balaban J connectivity index is 1.40. The Morgan fingerprint density at radius 2 is 1.79 bits per heavy atom. The third-order valence-corrected chi connectivity index (χ3v) is 6.53. The molecule has 0 saturated carbocycles. The number of aromatic nitrogens is 4. The van der Waals surface area contributed by atoms with Crippen molar-refractivity contribution in [3.8, 4) is 45.1 Å². The van der Waals surface area contributed by atoms with Crippen molar-refractivity contribution in [3.05, 3.63) is 84.9 Å². The van der Waals surface area contributed by atoms with E-state index in [4.69, 9.17) is 4.74 Å². The lowest BCUT2D eigenvalue weighted by atomic mass is 10.0. The zero-order valence-electron chi connectivity index (χ0n) is 21.0. The van der Waals surface area contributed by atoms with E-state index in [9.17, 15) is 9.50 Å². The van der Waals surface area contributed by atoms with Crippen molar-refractivity contribution in [1.29, 1.82) is 0 Å². The zero-order valence-corrected chi connectivity index (χ0v) is 21.0. The average Bonchev–Trinajstić information content (AvgIpc) is 3.51. The van der Waals surface area contributed by atoms with Crippen molar-refractivity contribution in [2.24, 2.45) is 0 Å². The molecule has 0 fully saturated rings. The summed E-state index contributed by atoms with van der Waals surface area (Å²) in [7, 11) is 3.94. The fraction of sp³-hybridized carbons (Fsp3) is 0.133. The van der Waals surface area contributed by atoms with Gasteiger partial charge in [0, 0.05) is 40.7 Å². The second-order valence-corrected chi connectivity index (χ2v) is 9.54. The fourth-order valence-corrected chi connectivity index (χ4v) is 4.67. The molecule has 6 aromatic rings. The molecule has 0 bridgehead atoms. The van der Waals surface area contributed by atoms with Crippen LogP contribution in [0.4, 0.5) is 4.39 Å². The van der Waals surface area contributed by atoms with Crippen LogP contribution in [-0.2, 0) is 0 Å². The summed E-state index contributed by atoms with van der Waals surface area (Å²) in [6.45, 7) is 1.21. The van der Waals surface area contributed by atoms with Crippen LogP contribution in [0.3, 0.4) is 0 Å². The number of rotatable bonds is 7. The van der Waals surface area contributed by atoms with E-state index >= 15 is 0 Å². The first-order valence-corrected chi connectivity index (χ1v) is 12.3. The van der Waals surface area contributed by atoms with Gasteiger partial charge >= 0.3 is 0 Å². The van der Waals surface area contributed by atoms with Crippen LogP contribution < -0.4 is 4.74 Å². The molecular weight excluding hydrogens is 481 g/mol. The van der Waals surface area contributed by atoms with Crippen LogP contribution in [0.1, 0.15) is 0 Å². The first-order chi connectivity index (χ1) is 18.4. The van der Waals surface area contributed by atoms with Gasteiger partial charge in [0.15, 0.2) is 0 Å². The van der Waals surface area contributed by atoms with Crippen molar-refractivity contribution in [1.82, 2.24) is 25.1 Å². The Labute approximate surface area is 218 Å². The van der Waals surface area contributed by atoms with E-state index in [2.05, 4.69) is 20.2 Å². The summed E-state index contributed by atoms with van der Waals surface area (Å²) in [5.41, 5.74) is 6.78. The average molecular weight is 508 g/mol. The Morgan fingerprint density at radius 1 is 0.895 bits per heavy atom. The van der Waals surface area contributed by atoms with Gasteiger partial charge in [-0.25, -0.2) is 4.39 Å². The molecule has 3 aromatic heterocycles. The molecule has 3 aromatic carbocycles. The molecule has 0 amide bonds. The van der Waals surface area contributed by atoms with Crippen LogP contribution >= 0.6 is 0 Å². The number of nitrogens with one attached hydrogen (secondary N) is 2. The summed E-state index contributed by atoms with van der Waals surface area (Å²) >= 11 is 0. The van der Waals surface area contributed by atoms with Crippen LogP contribution in [0.5, 0.6) is 11.5 Å². The second kappa shape index (κ2) is 9.64. The topological polar surface area (TPSA) is 90.1 Å². The van der Waals surface area contributed by atoms with E-state index in [1.165, 1.54) is 18.3 Å². The summed E-state index contributed by atoms with van der Waals surface area (Å²) < 4.78 is 20.4. The highest BCUT2D eigenvalue weighted by Crippen LogP contribution is 2.36. The Morgan fingerprint density at radius 3 is 2.63 bits per heavy atom. The van der Waals surface area contributed by atoms with E-state index < -0.39 is 0 Å². The molecule has 0 aliphatic heterocycles. The van der Waals surface area contributed by atoms with Crippen LogP contribution in [0.25, 0.3) is 55.4 Å². The molecular formula is C30H26FN5O2. The lowest BCUT2D eigenvalue weighted by molar-refractivity contribution is 0.260. The molecule has 6 rings (SSSR count). The van der Waals surface area contributed by atoms with Gasteiger partial charge in [0.05, 0.1) is 17.4 Å². The summed E-state index contributed by atoms with van der Waals surface area (Å²) in [5, 5.41) is 19.4. The van der Waals surface area contributed by atoms with Gasteiger partial charge in [-0.05, 0) is 73.3 Å². The van der Waals surface area contributed by atoms with Crippen LogP contribution in [-0.4, -0.2) is 57.4 Å². The monoisotopic (exact) mass is 507 g/mol. The maximum Gasteiger partial charge on any atom is 0.134 e. The van der Waals surface area contributed by atoms with Gasteiger partial charge in [-0.1, -0.05) is 18.2 Å². The van der Waals surface area contributed by atoms with E-state index in [0.717, 1.165) is 62.0 Å². The number of hydrogen-bond donors (Lipinski definition) is 3. The highest BCUT2D eigenvalue weighted by Gasteiger charge is 2.15. The van der Waals surface area contributed by atoms with Crippen LogP contribution in [0.15, 0.2) is 79.1 Å². The van der Waals surface area contributed by atoms with Gasteiger partial charge in [-0.2, -0.15) is 5.10 Å². The van der Waals surface area contributed by atoms with Gasteiger partial charge in [0.2, 0.25) is 0 Å². The van der Waals surface area contributed by atoms with E-state index in [1.54, 1.807) is 12.3 Å². The zero-order chi connectivity index (χ0) is 26.2. The molecule has 0 atom stereocenters. The maximum absolute atomic E-state index is 14.6. The smallest absolute Gasteiger partial charge is 0.134 e. The number of aromatic hydroxyl groups is 1. The number of benzene rings is 3. The number of hydrogen-bond acceptors (Lipinski definition) is 5. The number of H-pyrrole nitrogens is 2. The van der Waals surface area contributed by atoms with Crippen LogP contribution in [0, 0.1) is 5.82 Å². The minimum Gasteiger partial charge on any atom is -0.506 e. The lowest BCUT2D eigenvalue weighted by Crippen LogP contribution is -2.19. The number of ether oxygens (including phenoxy) is 1. The minimum atomic E-state index is -0.345. The summed E-state index contributed by atoms with van der Waals surface area (Å²) in [6, 6.07) is 20.4. The molecule has 7 nitrogen and oxygen atoms in total. The third kappa shape index (κ3) is 4.57. The first-order valence-electron chi connectivity index (χ1n) is 12.3. The summed E-state index contributed by atoms with van der Waals surface area (Å²) in [4.78, 5) is 9.59. The molecule has 0 unspecified atom stereocenters. The number of halogens is 1. The number of likely N-dealkylation sites (N-methyl/N-ethyl adjacent to an activating group) is 1. The quantitative estimate of drug-likeness (QED) is 0.239. The van der Waals surface area contributed by atoms with Crippen molar-refractivity contribution in [2.75, 3.05) is 27.2 Å². The van der Waals surface area contributed by atoms with E-state index in [1.807, 2.05) is 67.5 Å². The normalized spacial score (nSPS) is 11.6. The minimum absolute atomic E-state index is 0.113. The van der Waals surface area contributed by atoms with E-state index in [-0.39, 0.29) is 11.6 Å². The fourth-order valence-electron chi connectivity index (χ4n) is 4.67. The maximum atomic E-state index is 14.6. The molecule has 0 saturated heterocycles. The van der Waals surface area contributed by atoms with Crippen LogP contribution in [0.2, 0.25) is 0 Å². The molecule has 0 radical (unpaired) electrons. The molecule has 0 spiro atoms. The number of pyridine rings is 1. The van der Waals surface area contributed by atoms with Crippen molar-refractivity contribution < 1.29 is 14.2 Å². The standard InChI is InChI=1S/C30H26FN5O2/c1-36(2)8-9-38-23-12-19(10-21(31)14-23)24-4-3-5-27-25(24)15-29(33-27)30-26-13-18(6-7-28(26)34-35-30)20-11-22(37)17-32-16-20/h3-7,10-17,33,37H,8-9H2,1-2H3,(H,34,35). The molecule has 190 valence electrons. The summed E-state index contributed by atoms with van der Waals surface area (Å²) in [5.74, 6) is 0.269. The number of fused-ring (bicyclic) bond motifs is 2. The van der Waals surface area contributed by atoms with Crippen molar-refractivity contribution >= 4 is 21.8 Å². The molecule has 3 N–H and O–H groups in total. The van der Waals surface area contributed by atoms with E-state index in [0.29, 0.717) is 12.4 Å². The summed E-state index contributed by atoms with van der Waals surface area (Å²) in [6.07, 6.45) is 3.12. The number of aromatic amines is 2. The Kier molecular flexibility index (Phi) is 6.01. The SMILES string of the molecule is CN(C)CCOc1cc(F)cc(-c2cccc3[nH]c(-c4n[nH]c5ccc(-c6cncc(O)c6)cc45)cc23)c1. The second-order valence-electron chi connectivity index (χ2n) is 9.54. The predicted octanol–water partition coefficient (Wildman–Crippen LogP) is 6.23. The van der Waals surface area contributed by atoms with Gasteiger partial charge in [-0.3, -0.25) is 10.1 Å². The van der Waals surface area contributed by atoms with Gasteiger partial charge in [-0.15, -0.1) is 0 Å². The number of nitrogens with zero attached hydrogens (tertiary/aromatic N) is 3. The highest BCUT2D eigenvalue weighted by molar-refractivity contribution is 6.02. The Hall–Kier alpha value is -4.69. The van der Waals surface area contributed by atoms with Gasteiger partial charge in [0.25, 0.3) is 0 Å². The molecule has 8 heteroatoms. The first kappa shape index (κ1) is 23.7. The van der Waals surface area contributed by atoms with Crippen molar-refractivity contribution in [2.45, 2.75) is 0 Å². The highest BCUT2D eigenvalue weighted by atomic mass is 19.1. The van der Waals surface area contributed by atoms with Gasteiger partial charge in [0.1, 0.15) is 29.6 Å². The molecule has 3 heterocycles. The predicted molar refractivity (Wildman–Crippen MR) is 148 cm³/mol. The van der Waals surface area contributed by atoms with Gasteiger partial charge < -0.3 is 19.7 Å². The Bertz CT molecular complexity index is 1770. The van der Waals surface area contributed by atoms with Crippen molar-refractivity contribution in [3.63, 3.8) is 0 Å². The lowest BCUT2D eigenvalue weighted by Gasteiger charge is -2.12. The molecule has 38 heavy (non-hydrogen) atoms. The molecule has 0 aliphatic carbocycles. The third-order valence-electron chi connectivity index (χ3n) is 6.53. The largest absolute Gasteiger partial charge is 0.506 e. The molecule has 0 aliphatic rings.